The first-order valence-corrected chi connectivity index (χ1v) is 6.49. The number of hydrogen-bond acceptors (Lipinski definition) is 3. The van der Waals surface area contributed by atoms with E-state index in [9.17, 15) is 0 Å². The van der Waals surface area contributed by atoms with Gasteiger partial charge in [-0.05, 0) is 31.2 Å². The Morgan fingerprint density at radius 2 is 2.19 bits per heavy atom. The van der Waals surface area contributed by atoms with Gasteiger partial charge in [0.25, 0.3) is 0 Å². The van der Waals surface area contributed by atoms with Crippen LogP contribution in [0.4, 0.5) is 0 Å². The summed E-state index contributed by atoms with van der Waals surface area (Å²) < 4.78 is 5.96. The maximum absolute atomic E-state index is 5.96. The van der Waals surface area contributed by atoms with Crippen molar-refractivity contribution in [2.24, 2.45) is 10.4 Å². The summed E-state index contributed by atoms with van der Waals surface area (Å²) in [7, 11) is 0. The monoisotopic (exact) mass is 224 g/mol. The van der Waals surface area contributed by atoms with E-state index in [4.69, 9.17) is 4.74 Å². The normalized spacial score (nSPS) is 31.1. The predicted molar refractivity (Wildman–Crippen MR) is 66.9 cm³/mol. The Bertz CT molecular complexity index is 262. The van der Waals surface area contributed by atoms with Crippen molar-refractivity contribution in [1.82, 2.24) is 5.32 Å². The van der Waals surface area contributed by atoms with Gasteiger partial charge < -0.3 is 10.1 Å². The smallest absolute Gasteiger partial charge is 0.201 e. The molecule has 92 valence electrons. The number of aliphatic imine (C=N–C) groups is 1. The van der Waals surface area contributed by atoms with Crippen LogP contribution >= 0.6 is 0 Å². The predicted octanol–water partition coefficient (Wildman–Crippen LogP) is 2.36. The molecule has 3 nitrogen and oxygen atoms in total. The van der Waals surface area contributed by atoms with Crippen LogP contribution in [-0.2, 0) is 4.74 Å². The molecule has 0 aliphatic carbocycles. The maximum atomic E-state index is 5.96. The highest BCUT2D eigenvalue weighted by Crippen LogP contribution is 2.26. The quantitative estimate of drug-likeness (QED) is 0.781. The molecule has 2 rings (SSSR count). The molecule has 0 amide bonds. The average molecular weight is 224 g/mol. The molecular formula is C13H24N2O. The summed E-state index contributed by atoms with van der Waals surface area (Å²) in [6, 6.07) is 0.388. The van der Waals surface area contributed by atoms with E-state index in [0.717, 1.165) is 25.4 Å². The summed E-state index contributed by atoms with van der Waals surface area (Å²) in [5, 5.41) is 3.49. The van der Waals surface area contributed by atoms with Gasteiger partial charge in [0.1, 0.15) is 6.10 Å². The second-order valence-electron chi connectivity index (χ2n) is 6.19. The third kappa shape index (κ3) is 3.21. The lowest BCUT2D eigenvalue weighted by Gasteiger charge is -2.26. The van der Waals surface area contributed by atoms with E-state index in [0.29, 0.717) is 17.6 Å². The van der Waals surface area contributed by atoms with E-state index < -0.39 is 0 Å². The minimum absolute atomic E-state index is 0.304. The third-order valence-electron chi connectivity index (χ3n) is 3.19. The van der Waals surface area contributed by atoms with Crippen LogP contribution in [0.3, 0.4) is 0 Å². The zero-order valence-corrected chi connectivity index (χ0v) is 10.8. The van der Waals surface area contributed by atoms with Crippen LogP contribution in [0.5, 0.6) is 0 Å². The molecular weight excluding hydrogens is 200 g/mol. The minimum Gasteiger partial charge on any atom is -0.475 e. The second-order valence-corrected chi connectivity index (χ2v) is 6.19. The van der Waals surface area contributed by atoms with Crippen molar-refractivity contribution in [3.63, 3.8) is 0 Å². The molecule has 0 spiro atoms. The fraction of sp³-hybridized carbons (Fsp3) is 0.923. The zero-order valence-electron chi connectivity index (χ0n) is 10.8. The largest absolute Gasteiger partial charge is 0.475 e. The number of piperidine rings is 1. The molecule has 0 saturated carbocycles. The Hall–Kier alpha value is -0.570. The van der Waals surface area contributed by atoms with Gasteiger partial charge in [-0.15, -0.1) is 0 Å². The van der Waals surface area contributed by atoms with Gasteiger partial charge in [0.2, 0.25) is 5.90 Å². The summed E-state index contributed by atoms with van der Waals surface area (Å²) in [6.45, 7) is 8.73. The fourth-order valence-electron chi connectivity index (χ4n) is 2.48. The second kappa shape index (κ2) is 4.74. The molecule has 0 bridgehead atoms. The highest BCUT2D eigenvalue weighted by atomic mass is 16.5. The molecule has 1 N–H and O–H groups in total. The molecule has 1 fully saturated rings. The van der Waals surface area contributed by atoms with Crippen LogP contribution < -0.4 is 5.32 Å². The SMILES string of the molecule is CC(C)(C)CC1CN=C(C2CCCCN2)O1. The fourth-order valence-corrected chi connectivity index (χ4v) is 2.48. The minimum atomic E-state index is 0.304. The van der Waals surface area contributed by atoms with Crippen molar-refractivity contribution in [1.29, 1.82) is 0 Å². The molecule has 0 radical (unpaired) electrons. The summed E-state index contributed by atoms with van der Waals surface area (Å²) in [5.74, 6) is 0.967. The van der Waals surface area contributed by atoms with E-state index in [1.807, 2.05) is 0 Å². The average Bonchev–Trinajstić information content (AvgIpc) is 2.65. The van der Waals surface area contributed by atoms with Gasteiger partial charge in [-0.25, -0.2) is 0 Å². The van der Waals surface area contributed by atoms with Crippen molar-refractivity contribution in [2.45, 2.75) is 58.6 Å². The van der Waals surface area contributed by atoms with Crippen LogP contribution in [0.1, 0.15) is 46.5 Å². The van der Waals surface area contributed by atoms with Crippen LogP contribution in [0.15, 0.2) is 4.99 Å². The van der Waals surface area contributed by atoms with Crippen molar-refractivity contribution in [2.75, 3.05) is 13.1 Å². The lowest BCUT2D eigenvalue weighted by atomic mass is 9.89. The highest BCUT2D eigenvalue weighted by molar-refractivity contribution is 5.83. The Morgan fingerprint density at radius 3 is 2.81 bits per heavy atom. The Balaban J connectivity index is 1.82. The number of hydrogen-bond donors (Lipinski definition) is 1. The summed E-state index contributed by atoms with van der Waals surface area (Å²) in [4.78, 5) is 4.56. The van der Waals surface area contributed by atoms with Gasteiger partial charge in [-0.2, -0.15) is 0 Å². The van der Waals surface area contributed by atoms with E-state index in [1.54, 1.807) is 0 Å². The van der Waals surface area contributed by atoms with Crippen LogP contribution in [0.2, 0.25) is 0 Å². The third-order valence-corrected chi connectivity index (χ3v) is 3.19. The van der Waals surface area contributed by atoms with E-state index in [1.165, 1.54) is 19.3 Å². The number of ether oxygens (including phenoxy) is 1. The van der Waals surface area contributed by atoms with Crippen molar-refractivity contribution >= 4 is 5.90 Å². The molecule has 2 aliphatic heterocycles. The lowest BCUT2D eigenvalue weighted by molar-refractivity contribution is 0.152. The number of nitrogens with zero attached hydrogens (tertiary/aromatic N) is 1. The van der Waals surface area contributed by atoms with E-state index in [-0.39, 0.29) is 0 Å². The van der Waals surface area contributed by atoms with Gasteiger partial charge in [0.05, 0.1) is 12.6 Å². The van der Waals surface area contributed by atoms with Crippen molar-refractivity contribution in [3.05, 3.63) is 0 Å². The molecule has 2 aliphatic rings. The summed E-state index contributed by atoms with van der Waals surface area (Å²) in [6.07, 6.45) is 5.16. The topological polar surface area (TPSA) is 33.6 Å². The van der Waals surface area contributed by atoms with Crippen LogP contribution in [-0.4, -0.2) is 31.1 Å². The first-order valence-electron chi connectivity index (χ1n) is 6.49. The standard InChI is InChI=1S/C13H24N2O/c1-13(2,3)8-10-9-15-12(16-10)11-6-4-5-7-14-11/h10-11,14H,4-9H2,1-3H3. The Kier molecular flexibility index (Phi) is 3.53. The van der Waals surface area contributed by atoms with Crippen LogP contribution in [0.25, 0.3) is 0 Å². The van der Waals surface area contributed by atoms with Crippen molar-refractivity contribution < 1.29 is 4.74 Å². The summed E-state index contributed by atoms with van der Waals surface area (Å²) >= 11 is 0. The number of rotatable bonds is 2. The molecule has 3 heteroatoms. The first-order chi connectivity index (χ1) is 7.54. The molecule has 0 aromatic carbocycles. The van der Waals surface area contributed by atoms with Gasteiger partial charge in [-0.3, -0.25) is 4.99 Å². The molecule has 2 heterocycles. The Morgan fingerprint density at radius 1 is 1.38 bits per heavy atom. The molecule has 0 aromatic rings. The maximum Gasteiger partial charge on any atom is 0.201 e. The van der Waals surface area contributed by atoms with Gasteiger partial charge in [0, 0.05) is 0 Å². The van der Waals surface area contributed by atoms with Gasteiger partial charge in [0.15, 0.2) is 0 Å². The molecule has 16 heavy (non-hydrogen) atoms. The van der Waals surface area contributed by atoms with E-state index >= 15 is 0 Å². The summed E-state index contributed by atoms with van der Waals surface area (Å²) in [5.41, 5.74) is 0.329. The first kappa shape index (κ1) is 11.9. The van der Waals surface area contributed by atoms with E-state index in [2.05, 4.69) is 31.1 Å². The van der Waals surface area contributed by atoms with Gasteiger partial charge >= 0.3 is 0 Å². The zero-order chi connectivity index (χ0) is 11.6. The van der Waals surface area contributed by atoms with Crippen LogP contribution in [0, 0.1) is 5.41 Å². The molecule has 2 atom stereocenters. The highest BCUT2D eigenvalue weighted by Gasteiger charge is 2.29. The molecule has 1 saturated heterocycles. The molecule has 0 aromatic heterocycles. The lowest BCUT2D eigenvalue weighted by Crippen LogP contribution is -2.41. The van der Waals surface area contributed by atoms with Crippen molar-refractivity contribution in [3.8, 4) is 0 Å². The molecule has 2 unspecified atom stereocenters. The number of nitrogens with one attached hydrogen (secondary N) is 1. The Labute approximate surface area is 98.7 Å². The van der Waals surface area contributed by atoms with Gasteiger partial charge in [-0.1, -0.05) is 27.2 Å².